The highest BCUT2D eigenvalue weighted by Crippen LogP contribution is 2.63. The van der Waals surface area contributed by atoms with Crippen molar-refractivity contribution < 1.29 is 8.83 Å². The maximum Gasteiger partial charge on any atom is 0.159 e. The third kappa shape index (κ3) is 7.51. The van der Waals surface area contributed by atoms with Crippen LogP contribution in [0.1, 0.15) is 86.1 Å². The molecular weight excluding hydrogens is 1010 g/mol. The van der Waals surface area contributed by atoms with Crippen molar-refractivity contribution >= 4 is 99.5 Å². The van der Waals surface area contributed by atoms with Gasteiger partial charge in [0.05, 0.1) is 28.2 Å². The van der Waals surface area contributed by atoms with Gasteiger partial charge >= 0.3 is 0 Å². The second-order valence-corrected chi connectivity index (χ2v) is 24.8. The quantitative estimate of drug-likeness (QED) is 0.152. The predicted molar refractivity (Wildman–Crippen MR) is 350 cm³/mol. The number of nitrogens with zero attached hydrogens (tertiary/aromatic N) is 2. The van der Waals surface area contributed by atoms with Crippen LogP contribution < -0.4 is 9.80 Å². The summed E-state index contributed by atoms with van der Waals surface area (Å²) < 4.78 is 14.6. The topological polar surface area (TPSA) is 32.8 Å². The number of aryl methyl sites for hydroxylation is 2. The van der Waals surface area contributed by atoms with E-state index < -0.39 is 5.41 Å². The van der Waals surface area contributed by atoms with Gasteiger partial charge in [0, 0.05) is 54.8 Å². The van der Waals surface area contributed by atoms with Crippen molar-refractivity contribution in [3.05, 3.63) is 287 Å². The van der Waals surface area contributed by atoms with E-state index in [4.69, 9.17) is 8.83 Å². The van der Waals surface area contributed by atoms with Crippen LogP contribution in [-0.4, -0.2) is 0 Å². The van der Waals surface area contributed by atoms with Crippen LogP contribution in [0.4, 0.5) is 34.1 Å². The van der Waals surface area contributed by atoms with Gasteiger partial charge in [-0.2, -0.15) is 0 Å². The highest BCUT2D eigenvalue weighted by atomic mass is 16.3. The molecule has 14 aromatic rings. The summed E-state index contributed by atoms with van der Waals surface area (Å²) in [7, 11) is 0. The van der Waals surface area contributed by atoms with Crippen molar-refractivity contribution in [1.82, 2.24) is 0 Å². The molecular formula is C79H64N2O2. The maximum atomic E-state index is 7.32. The normalized spacial score (nSPS) is 13.2. The molecule has 12 aromatic carbocycles. The van der Waals surface area contributed by atoms with Gasteiger partial charge in [-0.25, -0.2) is 0 Å². The number of fused-ring (bicyclic) bond motifs is 13. The molecule has 0 saturated carbocycles. The van der Waals surface area contributed by atoms with Gasteiger partial charge in [0.2, 0.25) is 0 Å². The van der Waals surface area contributed by atoms with Gasteiger partial charge in [-0.1, -0.05) is 248 Å². The fraction of sp³-hybridized carbons (Fsp3) is 0.139. The Morgan fingerprint density at radius 3 is 0.988 bits per heavy atom. The lowest BCUT2D eigenvalue weighted by Gasteiger charge is -2.36. The Balaban J connectivity index is 1.09. The van der Waals surface area contributed by atoms with Gasteiger partial charge in [0.25, 0.3) is 0 Å². The number of hydrogen-bond acceptors (Lipinski definition) is 4. The van der Waals surface area contributed by atoms with Crippen LogP contribution in [0.2, 0.25) is 0 Å². The second-order valence-electron chi connectivity index (χ2n) is 24.8. The second kappa shape index (κ2) is 18.7. The van der Waals surface area contributed by atoms with Crippen LogP contribution in [0, 0.1) is 13.8 Å². The first kappa shape index (κ1) is 50.3. The van der Waals surface area contributed by atoms with Gasteiger partial charge in [-0.05, 0) is 116 Å². The first-order valence-electron chi connectivity index (χ1n) is 29.2. The molecule has 4 heteroatoms. The maximum absolute atomic E-state index is 7.32. The number of anilines is 6. The zero-order valence-corrected chi connectivity index (χ0v) is 48.3. The Kier molecular flexibility index (Phi) is 11.3. The van der Waals surface area contributed by atoms with Crippen LogP contribution in [-0.2, 0) is 16.2 Å². The average molecular weight is 1070 g/mol. The Morgan fingerprint density at radius 1 is 0.289 bits per heavy atom. The van der Waals surface area contributed by atoms with E-state index in [9.17, 15) is 0 Å². The van der Waals surface area contributed by atoms with Crippen molar-refractivity contribution in [3.63, 3.8) is 0 Å². The third-order valence-corrected chi connectivity index (χ3v) is 17.8. The minimum absolute atomic E-state index is 0.134. The molecule has 402 valence electrons. The molecule has 0 amide bonds. The summed E-state index contributed by atoms with van der Waals surface area (Å²) in [4.78, 5) is 4.98. The molecule has 2 heterocycles. The Hall–Kier alpha value is -9.64. The largest absolute Gasteiger partial charge is 0.454 e. The highest BCUT2D eigenvalue weighted by Gasteiger charge is 2.49. The van der Waals surface area contributed by atoms with E-state index in [-0.39, 0.29) is 10.8 Å². The van der Waals surface area contributed by atoms with Gasteiger partial charge in [-0.15, -0.1) is 0 Å². The average Bonchev–Trinajstić information content (AvgIpc) is 2.62. The lowest BCUT2D eigenvalue weighted by atomic mass is 9.67. The van der Waals surface area contributed by atoms with Crippen molar-refractivity contribution in [2.24, 2.45) is 0 Å². The van der Waals surface area contributed by atoms with Crippen molar-refractivity contribution in [2.45, 2.75) is 71.6 Å². The Morgan fingerprint density at radius 2 is 0.602 bits per heavy atom. The first-order chi connectivity index (χ1) is 40.3. The molecule has 0 spiro atoms. The van der Waals surface area contributed by atoms with Crippen LogP contribution in [0.25, 0.3) is 76.5 Å². The van der Waals surface area contributed by atoms with Crippen molar-refractivity contribution in [3.8, 4) is 11.1 Å². The van der Waals surface area contributed by atoms with E-state index >= 15 is 0 Å². The monoisotopic (exact) mass is 1070 g/mol. The van der Waals surface area contributed by atoms with E-state index in [0.717, 1.165) is 99.9 Å². The molecule has 0 atom stereocenters. The summed E-state index contributed by atoms with van der Waals surface area (Å²) >= 11 is 0. The fourth-order valence-electron chi connectivity index (χ4n) is 14.1. The molecule has 15 rings (SSSR count). The van der Waals surface area contributed by atoms with Crippen LogP contribution in [0.3, 0.4) is 0 Å². The lowest BCUT2D eigenvalue weighted by molar-refractivity contribution is 0.572. The molecule has 0 fully saturated rings. The molecule has 0 N–H and O–H groups in total. The standard InChI is InChI=1S/C79H64N2O2/c1-49-27-15-21-43-65(49)80(67-45-25-39-59-57-37-23-41-61(77(3,4)5)73(57)82-75(59)67)69-47-63-71(55-35-19-17-33-53(55)69)72-56-36-20-18-34-54(56)70(48-64(72)79(63,51-29-11-9-12-30-51)52-31-13-10-14-32-52)81(66-44-22-16-28-50(66)2)68-46-26-40-60-58-38-24-42-62(78(6,7)8)74(58)83-76(60)68/h9-48H,1-8H3. The molecule has 0 bridgehead atoms. The predicted octanol–water partition coefficient (Wildman–Crippen LogP) is 22.3. The summed E-state index contributed by atoms with van der Waals surface area (Å²) in [5.74, 6) is 0. The van der Waals surface area contributed by atoms with Crippen molar-refractivity contribution in [1.29, 1.82) is 0 Å². The van der Waals surface area contributed by atoms with Crippen LogP contribution >= 0.6 is 0 Å². The number of furan rings is 2. The number of rotatable bonds is 8. The van der Waals surface area contributed by atoms with Gasteiger partial charge < -0.3 is 18.6 Å². The van der Waals surface area contributed by atoms with Crippen LogP contribution in [0.15, 0.2) is 251 Å². The summed E-state index contributed by atoms with van der Waals surface area (Å²) in [6, 6.07) is 90.0. The van der Waals surface area contributed by atoms with Gasteiger partial charge in [-0.3, -0.25) is 0 Å². The summed E-state index contributed by atoms with van der Waals surface area (Å²) in [6.07, 6.45) is 0. The Bertz CT molecular complexity index is 4600. The van der Waals surface area contributed by atoms with E-state index in [1.54, 1.807) is 0 Å². The summed E-state index contributed by atoms with van der Waals surface area (Å²) in [5.41, 5.74) is 20.7. The van der Waals surface area contributed by atoms with E-state index in [1.165, 1.54) is 55.3 Å². The molecule has 83 heavy (non-hydrogen) atoms. The molecule has 0 saturated heterocycles. The third-order valence-electron chi connectivity index (χ3n) is 17.8. The van der Waals surface area contributed by atoms with Crippen LogP contribution in [0.5, 0.6) is 0 Å². The zero-order valence-electron chi connectivity index (χ0n) is 48.3. The van der Waals surface area contributed by atoms with Gasteiger partial charge in [0.1, 0.15) is 11.2 Å². The minimum atomic E-state index is -0.834. The zero-order chi connectivity index (χ0) is 56.5. The first-order valence-corrected chi connectivity index (χ1v) is 29.2. The highest BCUT2D eigenvalue weighted by molar-refractivity contribution is 6.21. The molecule has 0 radical (unpaired) electrons. The van der Waals surface area contributed by atoms with E-state index in [1.807, 2.05) is 0 Å². The molecule has 4 nitrogen and oxygen atoms in total. The molecule has 1 aliphatic carbocycles. The number of benzene rings is 12. The van der Waals surface area contributed by atoms with Crippen molar-refractivity contribution in [2.75, 3.05) is 9.80 Å². The lowest BCUT2D eigenvalue weighted by Crippen LogP contribution is -2.29. The number of para-hydroxylation sites is 6. The van der Waals surface area contributed by atoms with E-state index in [2.05, 4.69) is 308 Å². The molecule has 2 aromatic heterocycles. The summed E-state index contributed by atoms with van der Waals surface area (Å²) in [5, 5.41) is 9.06. The smallest absolute Gasteiger partial charge is 0.159 e. The molecule has 0 aliphatic heterocycles. The Labute approximate surface area is 485 Å². The van der Waals surface area contributed by atoms with E-state index in [0.29, 0.717) is 0 Å². The van der Waals surface area contributed by atoms with Gasteiger partial charge in [0.15, 0.2) is 11.2 Å². The molecule has 1 aliphatic rings. The SMILES string of the molecule is Cc1ccccc1N(c1cc2c(c3ccccc13)-c1c(cc(N(c3ccccc3C)c3cccc4c3oc3c(C(C)(C)C)cccc34)c3ccccc13)C2(c1ccccc1)c1ccccc1)c1cccc2c1oc1c(C(C)(C)C)cccc12. The fourth-order valence-corrected chi connectivity index (χ4v) is 14.1. The number of hydrogen-bond donors (Lipinski definition) is 0. The summed E-state index contributed by atoms with van der Waals surface area (Å²) in [6.45, 7) is 18.1. The molecule has 0 unspecified atom stereocenters. The minimum Gasteiger partial charge on any atom is -0.454 e.